The standard InChI is InChI=1S/C8H6F3NO2S/c9-8(10,11)14-6-3-1-2-5(4-6)12-7(13)15/h1-4H,(H2,12,13,15)/p-1. The molecule has 0 saturated heterocycles. The van der Waals surface area contributed by atoms with Crippen molar-refractivity contribution in [2.75, 3.05) is 5.32 Å². The molecule has 3 nitrogen and oxygen atoms in total. The number of carbonyl (C=O) groups excluding carboxylic acids is 1. The van der Waals surface area contributed by atoms with Gasteiger partial charge in [-0.05, 0) is 12.1 Å². The van der Waals surface area contributed by atoms with Crippen molar-refractivity contribution >= 4 is 23.6 Å². The number of carbonyl (C=O) groups is 1. The highest BCUT2D eigenvalue weighted by molar-refractivity contribution is 7.77. The Morgan fingerprint density at radius 3 is 2.60 bits per heavy atom. The minimum Gasteiger partial charge on any atom is -0.719 e. The van der Waals surface area contributed by atoms with Gasteiger partial charge in [-0.25, -0.2) is 0 Å². The number of alkyl halides is 3. The van der Waals surface area contributed by atoms with Gasteiger partial charge in [0.25, 0.3) is 0 Å². The summed E-state index contributed by atoms with van der Waals surface area (Å²) < 4.78 is 39.1. The first-order chi connectivity index (χ1) is 6.87. The average Bonchev–Trinajstić information content (AvgIpc) is 1.99. The molecule has 0 bridgehead atoms. The lowest BCUT2D eigenvalue weighted by atomic mass is 10.3. The number of amides is 1. The van der Waals surface area contributed by atoms with E-state index >= 15 is 0 Å². The van der Waals surface area contributed by atoms with Gasteiger partial charge in [0.05, 0.1) is 0 Å². The maximum atomic E-state index is 11.8. The largest absolute Gasteiger partial charge is 0.719 e. The number of ether oxygens (including phenoxy) is 1. The van der Waals surface area contributed by atoms with E-state index in [1.165, 1.54) is 12.1 Å². The number of halogens is 3. The third kappa shape index (κ3) is 4.50. The van der Waals surface area contributed by atoms with Crippen LogP contribution in [0.15, 0.2) is 24.3 Å². The summed E-state index contributed by atoms with van der Waals surface area (Å²) in [6.07, 6.45) is -4.75. The molecule has 0 saturated carbocycles. The van der Waals surface area contributed by atoms with Gasteiger partial charge in [0.15, 0.2) is 0 Å². The molecule has 0 aliphatic rings. The molecule has 0 aliphatic carbocycles. The maximum absolute atomic E-state index is 11.8. The molecule has 1 rings (SSSR count). The third-order valence-electron chi connectivity index (χ3n) is 1.31. The summed E-state index contributed by atoms with van der Waals surface area (Å²) in [7, 11) is 0. The summed E-state index contributed by atoms with van der Waals surface area (Å²) >= 11 is 4.20. The Kier molecular flexibility index (Phi) is 3.35. The molecule has 0 aromatic heterocycles. The molecule has 82 valence electrons. The van der Waals surface area contributed by atoms with Crippen LogP contribution in [0.5, 0.6) is 5.75 Å². The van der Waals surface area contributed by atoms with Gasteiger partial charge in [0.1, 0.15) is 11.0 Å². The molecule has 0 radical (unpaired) electrons. The molecule has 1 amide bonds. The molecular weight excluding hydrogens is 231 g/mol. The van der Waals surface area contributed by atoms with E-state index in [1.807, 2.05) is 0 Å². The van der Waals surface area contributed by atoms with Crippen molar-refractivity contribution < 1.29 is 22.7 Å². The molecule has 1 aromatic rings. The third-order valence-corrected chi connectivity index (χ3v) is 1.42. The molecule has 1 N–H and O–H groups in total. The zero-order chi connectivity index (χ0) is 11.5. The van der Waals surface area contributed by atoms with E-state index in [0.717, 1.165) is 12.1 Å². The van der Waals surface area contributed by atoms with Crippen molar-refractivity contribution in [3.63, 3.8) is 0 Å². The number of hydrogen-bond acceptors (Lipinski definition) is 3. The number of benzene rings is 1. The summed E-state index contributed by atoms with van der Waals surface area (Å²) in [5.41, 5.74) is 0.150. The first-order valence-corrected chi connectivity index (χ1v) is 4.11. The summed E-state index contributed by atoms with van der Waals surface area (Å²) in [6.45, 7) is 0. The Hall–Kier alpha value is -1.50. The van der Waals surface area contributed by atoms with Crippen LogP contribution >= 0.6 is 0 Å². The summed E-state index contributed by atoms with van der Waals surface area (Å²) in [6, 6.07) is 4.85. The van der Waals surface area contributed by atoms with Gasteiger partial charge >= 0.3 is 6.36 Å². The quantitative estimate of drug-likeness (QED) is 0.802. The molecule has 0 spiro atoms. The van der Waals surface area contributed by atoms with E-state index in [9.17, 15) is 18.0 Å². The van der Waals surface area contributed by atoms with Crippen LogP contribution in [0.4, 0.5) is 23.7 Å². The minimum atomic E-state index is -4.75. The van der Waals surface area contributed by atoms with E-state index in [0.29, 0.717) is 0 Å². The van der Waals surface area contributed by atoms with Crippen molar-refractivity contribution in [1.82, 2.24) is 0 Å². The van der Waals surface area contributed by atoms with E-state index in [2.05, 4.69) is 22.7 Å². The predicted molar refractivity (Wildman–Crippen MR) is 49.5 cm³/mol. The molecule has 15 heavy (non-hydrogen) atoms. The van der Waals surface area contributed by atoms with Gasteiger partial charge in [0, 0.05) is 11.8 Å². The van der Waals surface area contributed by atoms with Crippen LogP contribution in [0.1, 0.15) is 0 Å². The molecule has 0 unspecified atom stereocenters. The van der Waals surface area contributed by atoms with Gasteiger partial charge in [-0.1, -0.05) is 6.07 Å². The van der Waals surface area contributed by atoms with E-state index in [1.54, 1.807) is 0 Å². The highest BCUT2D eigenvalue weighted by atomic mass is 32.1. The van der Waals surface area contributed by atoms with Crippen LogP contribution in [0.25, 0.3) is 0 Å². The first kappa shape index (κ1) is 11.6. The fourth-order valence-corrected chi connectivity index (χ4v) is 1.01. The second kappa shape index (κ2) is 4.35. The second-order valence-corrected chi connectivity index (χ2v) is 2.86. The zero-order valence-electron chi connectivity index (χ0n) is 7.17. The summed E-state index contributed by atoms with van der Waals surface area (Å²) in [5.74, 6) is -0.413. The summed E-state index contributed by atoms with van der Waals surface area (Å²) in [5, 5.41) is 1.38. The average molecular weight is 236 g/mol. The highest BCUT2D eigenvalue weighted by Gasteiger charge is 2.31. The molecule has 0 aliphatic heterocycles. The molecule has 0 fully saturated rings. The lowest BCUT2D eigenvalue weighted by molar-refractivity contribution is -0.274. The first-order valence-electron chi connectivity index (χ1n) is 3.70. The van der Waals surface area contributed by atoms with Crippen molar-refractivity contribution in [1.29, 1.82) is 0 Å². The Labute approximate surface area is 88.6 Å². The van der Waals surface area contributed by atoms with Gasteiger partial charge in [-0.3, -0.25) is 0 Å². The topological polar surface area (TPSA) is 38.3 Å². The van der Waals surface area contributed by atoms with E-state index in [4.69, 9.17) is 0 Å². The SMILES string of the molecule is O=C([S-])Nc1cccc(OC(F)(F)F)c1. The Morgan fingerprint density at radius 1 is 1.40 bits per heavy atom. The lowest BCUT2D eigenvalue weighted by Gasteiger charge is -2.11. The van der Waals surface area contributed by atoms with Gasteiger partial charge in [-0.2, -0.15) is 0 Å². The Balaban J connectivity index is 2.79. The Morgan fingerprint density at radius 2 is 2.07 bits per heavy atom. The zero-order valence-corrected chi connectivity index (χ0v) is 7.98. The van der Waals surface area contributed by atoms with Crippen LogP contribution < -0.4 is 10.1 Å². The monoisotopic (exact) mass is 236 g/mol. The van der Waals surface area contributed by atoms with Crippen molar-refractivity contribution in [2.45, 2.75) is 6.36 Å². The maximum Gasteiger partial charge on any atom is 0.573 e. The highest BCUT2D eigenvalue weighted by Crippen LogP contribution is 2.24. The second-order valence-electron chi connectivity index (χ2n) is 2.49. The molecule has 0 atom stereocenters. The number of rotatable bonds is 2. The number of anilines is 1. The predicted octanol–water partition coefficient (Wildman–Crippen LogP) is 2.66. The van der Waals surface area contributed by atoms with Crippen molar-refractivity contribution in [2.24, 2.45) is 0 Å². The number of hydrogen-bond donors (Lipinski definition) is 1. The van der Waals surface area contributed by atoms with Gasteiger partial charge in [-0.15, -0.1) is 13.2 Å². The van der Waals surface area contributed by atoms with Gasteiger partial charge < -0.3 is 27.5 Å². The van der Waals surface area contributed by atoms with Crippen molar-refractivity contribution in [3.8, 4) is 5.75 Å². The lowest BCUT2D eigenvalue weighted by Crippen LogP contribution is -2.17. The molecule has 7 heteroatoms. The minimum absolute atomic E-state index is 0.150. The fraction of sp³-hybridized carbons (Fsp3) is 0.125. The smallest absolute Gasteiger partial charge is 0.573 e. The van der Waals surface area contributed by atoms with Crippen LogP contribution in [0, 0.1) is 0 Å². The normalized spacial score (nSPS) is 10.9. The van der Waals surface area contributed by atoms with Gasteiger partial charge in [0.2, 0.25) is 0 Å². The van der Waals surface area contributed by atoms with Crippen LogP contribution in [0.2, 0.25) is 0 Å². The van der Waals surface area contributed by atoms with E-state index < -0.39 is 17.4 Å². The Bertz CT molecular complexity index is 367. The van der Waals surface area contributed by atoms with Crippen molar-refractivity contribution in [3.05, 3.63) is 24.3 Å². The molecule has 1 aromatic carbocycles. The van der Waals surface area contributed by atoms with Crippen LogP contribution in [-0.4, -0.2) is 11.6 Å². The molecule has 0 heterocycles. The molecular formula is C8H5F3NO2S-. The van der Waals surface area contributed by atoms with Crippen LogP contribution in [-0.2, 0) is 12.6 Å². The summed E-state index contributed by atoms with van der Waals surface area (Å²) in [4.78, 5) is 10.5. The van der Waals surface area contributed by atoms with Crippen LogP contribution in [0.3, 0.4) is 0 Å². The van der Waals surface area contributed by atoms with E-state index in [-0.39, 0.29) is 5.69 Å². The fourth-order valence-electron chi connectivity index (χ4n) is 0.889. The number of nitrogens with one attached hydrogen (secondary N) is 1.